The molecule has 0 aromatic carbocycles. The van der Waals surface area contributed by atoms with E-state index >= 15 is 0 Å². The Morgan fingerprint density at radius 2 is 2.26 bits per heavy atom. The van der Waals surface area contributed by atoms with Crippen LogP contribution in [-0.2, 0) is 6.54 Å². The molecule has 4 nitrogen and oxygen atoms in total. The Kier molecular flexibility index (Phi) is 3.44. The molecule has 1 aliphatic carbocycles. The molecule has 4 heteroatoms. The minimum atomic E-state index is -0.191. The first-order chi connectivity index (χ1) is 9.28. The van der Waals surface area contributed by atoms with Gasteiger partial charge in [-0.15, -0.1) is 0 Å². The SMILES string of the molecule is CC1CC1c1ccc(CNC(CO)c2ccco2)o1. The molecule has 3 unspecified atom stereocenters. The van der Waals surface area contributed by atoms with E-state index in [2.05, 4.69) is 18.3 Å². The summed E-state index contributed by atoms with van der Waals surface area (Å²) in [4.78, 5) is 0. The Bertz CT molecular complexity index is 517. The summed E-state index contributed by atoms with van der Waals surface area (Å²) in [5.41, 5.74) is 0. The van der Waals surface area contributed by atoms with Crippen LogP contribution in [0.4, 0.5) is 0 Å². The molecule has 0 radical (unpaired) electrons. The van der Waals surface area contributed by atoms with Crippen molar-refractivity contribution in [3.63, 3.8) is 0 Å². The first-order valence-corrected chi connectivity index (χ1v) is 6.74. The fraction of sp³-hybridized carbons (Fsp3) is 0.467. The standard InChI is InChI=1S/C15H19NO3/c1-10-7-12(10)14-5-4-11(19-14)8-16-13(9-17)15-3-2-6-18-15/h2-6,10,12-13,16-17H,7-9H2,1H3. The third kappa shape index (κ3) is 2.74. The number of aliphatic hydroxyl groups excluding tert-OH is 1. The van der Waals surface area contributed by atoms with Crippen molar-refractivity contribution < 1.29 is 13.9 Å². The van der Waals surface area contributed by atoms with Gasteiger partial charge in [-0.25, -0.2) is 0 Å². The second-order valence-electron chi connectivity index (χ2n) is 5.26. The van der Waals surface area contributed by atoms with Crippen molar-refractivity contribution in [2.24, 2.45) is 5.92 Å². The zero-order chi connectivity index (χ0) is 13.2. The van der Waals surface area contributed by atoms with Crippen LogP contribution in [-0.4, -0.2) is 11.7 Å². The van der Waals surface area contributed by atoms with Crippen LogP contribution in [0.25, 0.3) is 0 Å². The van der Waals surface area contributed by atoms with Crippen LogP contribution in [0.15, 0.2) is 39.4 Å². The van der Waals surface area contributed by atoms with Crippen LogP contribution < -0.4 is 5.32 Å². The molecule has 19 heavy (non-hydrogen) atoms. The average Bonchev–Trinajstić information content (AvgIpc) is 2.90. The van der Waals surface area contributed by atoms with Gasteiger partial charge in [-0.1, -0.05) is 6.92 Å². The molecule has 1 fully saturated rings. The Balaban J connectivity index is 1.57. The number of aliphatic hydroxyl groups is 1. The third-order valence-corrected chi connectivity index (χ3v) is 3.75. The number of nitrogens with one attached hydrogen (secondary N) is 1. The van der Waals surface area contributed by atoms with E-state index in [0.717, 1.165) is 23.2 Å². The zero-order valence-corrected chi connectivity index (χ0v) is 11.0. The lowest BCUT2D eigenvalue weighted by Gasteiger charge is -2.12. The maximum atomic E-state index is 9.36. The molecule has 102 valence electrons. The highest BCUT2D eigenvalue weighted by atomic mass is 16.3. The molecule has 0 spiro atoms. The molecular formula is C15H19NO3. The Hall–Kier alpha value is -1.52. The summed E-state index contributed by atoms with van der Waals surface area (Å²) in [6.45, 7) is 2.83. The highest BCUT2D eigenvalue weighted by Gasteiger charge is 2.36. The number of furan rings is 2. The van der Waals surface area contributed by atoms with E-state index in [1.807, 2.05) is 18.2 Å². The average molecular weight is 261 g/mol. The smallest absolute Gasteiger partial charge is 0.123 e. The molecule has 3 atom stereocenters. The summed E-state index contributed by atoms with van der Waals surface area (Å²) in [5.74, 6) is 4.08. The Morgan fingerprint density at radius 1 is 1.42 bits per heavy atom. The summed E-state index contributed by atoms with van der Waals surface area (Å²) in [6, 6.07) is 7.55. The summed E-state index contributed by atoms with van der Waals surface area (Å²) < 4.78 is 11.1. The lowest BCUT2D eigenvalue weighted by Crippen LogP contribution is -2.23. The van der Waals surface area contributed by atoms with Crippen LogP contribution in [0, 0.1) is 5.92 Å². The van der Waals surface area contributed by atoms with Crippen LogP contribution >= 0.6 is 0 Å². The molecule has 0 amide bonds. The summed E-state index contributed by atoms with van der Waals surface area (Å²) in [5, 5.41) is 12.6. The third-order valence-electron chi connectivity index (χ3n) is 3.75. The van der Waals surface area contributed by atoms with Gasteiger partial charge in [0, 0.05) is 5.92 Å². The summed E-state index contributed by atoms with van der Waals surface area (Å²) in [7, 11) is 0. The largest absolute Gasteiger partial charge is 0.468 e. The lowest BCUT2D eigenvalue weighted by atomic mass is 10.2. The minimum absolute atomic E-state index is 0.000732. The molecule has 0 aliphatic heterocycles. The van der Waals surface area contributed by atoms with Crippen molar-refractivity contribution in [2.45, 2.75) is 31.8 Å². The molecule has 0 bridgehead atoms. The predicted molar refractivity (Wildman–Crippen MR) is 70.6 cm³/mol. The second-order valence-corrected chi connectivity index (χ2v) is 5.26. The topological polar surface area (TPSA) is 58.5 Å². The number of rotatable bonds is 6. The van der Waals surface area contributed by atoms with Gasteiger partial charge in [0.05, 0.1) is 25.5 Å². The van der Waals surface area contributed by atoms with E-state index in [-0.39, 0.29) is 12.6 Å². The zero-order valence-electron chi connectivity index (χ0n) is 11.0. The Labute approximate surface area is 112 Å². The van der Waals surface area contributed by atoms with Gasteiger partial charge in [-0.05, 0) is 36.6 Å². The first-order valence-electron chi connectivity index (χ1n) is 6.74. The van der Waals surface area contributed by atoms with Crippen molar-refractivity contribution >= 4 is 0 Å². The molecule has 1 aliphatic rings. The van der Waals surface area contributed by atoms with Crippen molar-refractivity contribution in [1.82, 2.24) is 5.32 Å². The summed E-state index contributed by atoms with van der Waals surface area (Å²) >= 11 is 0. The second kappa shape index (κ2) is 5.23. The highest BCUT2D eigenvalue weighted by molar-refractivity contribution is 5.17. The van der Waals surface area contributed by atoms with E-state index < -0.39 is 0 Å². The minimum Gasteiger partial charge on any atom is -0.468 e. The molecule has 2 aromatic rings. The molecule has 0 saturated heterocycles. The molecule has 2 N–H and O–H groups in total. The normalized spacial score (nSPS) is 23.5. The Morgan fingerprint density at radius 3 is 2.89 bits per heavy atom. The fourth-order valence-corrected chi connectivity index (χ4v) is 2.38. The van der Waals surface area contributed by atoms with Crippen molar-refractivity contribution in [3.05, 3.63) is 47.8 Å². The van der Waals surface area contributed by atoms with Gasteiger partial charge >= 0.3 is 0 Å². The van der Waals surface area contributed by atoms with Gasteiger partial charge in [0.15, 0.2) is 0 Å². The molecule has 2 aromatic heterocycles. The van der Waals surface area contributed by atoms with Gasteiger partial charge in [-0.3, -0.25) is 5.32 Å². The van der Waals surface area contributed by atoms with E-state index in [1.54, 1.807) is 6.26 Å². The van der Waals surface area contributed by atoms with Crippen molar-refractivity contribution in [1.29, 1.82) is 0 Å². The molecule has 2 heterocycles. The maximum absolute atomic E-state index is 9.36. The van der Waals surface area contributed by atoms with Crippen molar-refractivity contribution in [2.75, 3.05) is 6.61 Å². The molecule has 3 rings (SSSR count). The monoisotopic (exact) mass is 261 g/mol. The van der Waals surface area contributed by atoms with Crippen LogP contribution in [0.5, 0.6) is 0 Å². The van der Waals surface area contributed by atoms with Gasteiger partial charge in [0.2, 0.25) is 0 Å². The van der Waals surface area contributed by atoms with Gasteiger partial charge in [-0.2, -0.15) is 0 Å². The van der Waals surface area contributed by atoms with E-state index in [4.69, 9.17) is 8.83 Å². The fourth-order valence-electron chi connectivity index (χ4n) is 2.38. The maximum Gasteiger partial charge on any atom is 0.123 e. The van der Waals surface area contributed by atoms with E-state index in [1.165, 1.54) is 6.42 Å². The first kappa shape index (κ1) is 12.5. The van der Waals surface area contributed by atoms with E-state index in [0.29, 0.717) is 12.5 Å². The lowest BCUT2D eigenvalue weighted by molar-refractivity contribution is 0.222. The van der Waals surface area contributed by atoms with Crippen LogP contribution in [0.1, 0.15) is 42.6 Å². The quantitative estimate of drug-likeness (QED) is 0.839. The number of hydrogen-bond donors (Lipinski definition) is 2. The summed E-state index contributed by atoms with van der Waals surface area (Å²) in [6.07, 6.45) is 2.84. The predicted octanol–water partition coefficient (Wildman–Crippen LogP) is 2.82. The van der Waals surface area contributed by atoms with Crippen LogP contribution in [0.3, 0.4) is 0 Å². The highest BCUT2D eigenvalue weighted by Crippen LogP contribution is 2.47. The number of hydrogen-bond acceptors (Lipinski definition) is 4. The van der Waals surface area contributed by atoms with Crippen LogP contribution in [0.2, 0.25) is 0 Å². The van der Waals surface area contributed by atoms with E-state index in [9.17, 15) is 5.11 Å². The molecular weight excluding hydrogens is 242 g/mol. The van der Waals surface area contributed by atoms with Gasteiger partial charge in [0.25, 0.3) is 0 Å². The van der Waals surface area contributed by atoms with Gasteiger partial charge < -0.3 is 13.9 Å². The van der Waals surface area contributed by atoms with Gasteiger partial charge in [0.1, 0.15) is 17.3 Å². The van der Waals surface area contributed by atoms with Crippen molar-refractivity contribution in [3.8, 4) is 0 Å². The molecule has 1 saturated carbocycles.